The third-order valence-electron chi connectivity index (χ3n) is 4.73. The summed E-state index contributed by atoms with van der Waals surface area (Å²) in [7, 11) is 0. The van der Waals surface area contributed by atoms with E-state index in [4.69, 9.17) is 0 Å². The largest absolute Gasteiger partial charge is 0.325 e. The summed E-state index contributed by atoms with van der Waals surface area (Å²) in [6.45, 7) is 10.8. The van der Waals surface area contributed by atoms with Crippen molar-refractivity contribution in [3.8, 4) is 11.4 Å². The minimum atomic E-state index is -0.0498. The van der Waals surface area contributed by atoms with Crippen molar-refractivity contribution < 1.29 is 4.79 Å². The lowest BCUT2D eigenvalue weighted by molar-refractivity contribution is -0.113. The van der Waals surface area contributed by atoms with E-state index < -0.39 is 0 Å². The highest BCUT2D eigenvalue weighted by atomic mass is 32.2. The van der Waals surface area contributed by atoms with E-state index in [0.29, 0.717) is 6.54 Å². The van der Waals surface area contributed by atoms with Crippen LogP contribution in [-0.4, -0.2) is 26.4 Å². The number of nitrogens with zero attached hydrogens (tertiary/aromatic N) is 3. The molecule has 29 heavy (non-hydrogen) atoms. The molecule has 1 amide bonds. The minimum Gasteiger partial charge on any atom is -0.325 e. The van der Waals surface area contributed by atoms with Crippen LogP contribution in [0.3, 0.4) is 0 Å². The molecule has 0 saturated carbocycles. The summed E-state index contributed by atoms with van der Waals surface area (Å²) < 4.78 is 2.03. The van der Waals surface area contributed by atoms with Crippen LogP contribution in [0.5, 0.6) is 0 Å². The molecule has 3 aromatic rings. The Bertz CT molecular complexity index is 1010. The Morgan fingerprint density at radius 3 is 2.79 bits per heavy atom. The Hall–Kier alpha value is -2.38. The van der Waals surface area contributed by atoms with Crippen LogP contribution in [0.25, 0.3) is 11.4 Å². The molecule has 152 valence electrons. The van der Waals surface area contributed by atoms with Crippen molar-refractivity contribution in [2.75, 3.05) is 11.1 Å². The number of thioether (sulfide) groups is 1. The fourth-order valence-electron chi connectivity index (χ4n) is 3.26. The summed E-state index contributed by atoms with van der Waals surface area (Å²) in [6.07, 6.45) is 3.66. The molecule has 5 nitrogen and oxygen atoms in total. The van der Waals surface area contributed by atoms with Crippen LogP contribution >= 0.6 is 23.1 Å². The van der Waals surface area contributed by atoms with Crippen LogP contribution in [0.2, 0.25) is 0 Å². The number of carbonyl (C=O) groups excluding carboxylic acids is 1. The van der Waals surface area contributed by atoms with Crippen molar-refractivity contribution in [1.29, 1.82) is 0 Å². The molecule has 0 spiro atoms. The van der Waals surface area contributed by atoms with Gasteiger partial charge in [-0.15, -0.1) is 28.1 Å². The summed E-state index contributed by atoms with van der Waals surface area (Å²) in [5, 5.41) is 14.7. The number of anilines is 1. The van der Waals surface area contributed by atoms with Crippen LogP contribution in [0, 0.1) is 6.92 Å². The molecule has 0 atom stereocenters. The van der Waals surface area contributed by atoms with Gasteiger partial charge in [0.05, 0.1) is 5.75 Å². The number of aromatic nitrogens is 3. The summed E-state index contributed by atoms with van der Waals surface area (Å²) in [4.78, 5) is 13.8. The van der Waals surface area contributed by atoms with Crippen molar-refractivity contribution in [1.82, 2.24) is 14.8 Å². The first-order valence-corrected chi connectivity index (χ1v) is 11.6. The van der Waals surface area contributed by atoms with Gasteiger partial charge in [-0.3, -0.25) is 9.36 Å². The van der Waals surface area contributed by atoms with Gasteiger partial charge in [-0.05, 0) is 37.0 Å². The molecular weight excluding hydrogens is 400 g/mol. The first kappa shape index (κ1) is 21.3. The quantitative estimate of drug-likeness (QED) is 0.370. The molecule has 1 N–H and O–H groups in total. The van der Waals surface area contributed by atoms with Gasteiger partial charge in [0.1, 0.15) is 0 Å². The van der Waals surface area contributed by atoms with E-state index in [0.717, 1.165) is 40.6 Å². The molecular formula is C22H26N4OS2. The number of amides is 1. The highest BCUT2D eigenvalue weighted by Crippen LogP contribution is 2.32. The average Bonchev–Trinajstić information content (AvgIpc) is 3.29. The van der Waals surface area contributed by atoms with Gasteiger partial charge in [-0.1, -0.05) is 49.9 Å². The number of thiophene rings is 1. The number of allylic oxidation sites excluding steroid dienone is 1. The summed E-state index contributed by atoms with van der Waals surface area (Å²) in [6, 6.07) is 7.89. The SMILES string of the molecule is C=CCn1c(SCC(=O)Nc2ccccc2CC)nnc1-c1csc(C)c1CC. The Kier molecular flexibility index (Phi) is 7.28. The zero-order valence-corrected chi connectivity index (χ0v) is 18.7. The molecule has 0 aliphatic rings. The smallest absolute Gasteiger partial charge is 0.234 e. The highest BCUT2D eigenvalue weighted by molar-refractivity contribution is 7.99. The number of nitrogens with one attached hydrogen (secondary N) is 1. The van der Waals surface area contributed by atoms with E-state index in [-0.39, 0.29) is 11.7 Å². The Morgan fingerprint density at radius 1 is 1.28 bits per heavy atom. The van der Waals surface area contributed by atoms with Gasteiger partial charge in [-0.25, -0.2) is 0 Å². The molecule has 7 heteroatoms. The number of rotatable bonds is 9. The van der Waals surface area contributed by atoms with E-state index in [1.807, 2.05) is 34.9 Å². The summed E-state index contributed by atoms with van der Waals surface area (Å²) in [5.74, 6) is 1.06. The Labute approximate surface area is 180 Å². The van der Waals surface area contributed by atoms with Crippen molar-refractivity contribution in [2.24, 2.45) is 0 Å². The monoisotopic (exact) mass is 426 g/mol. The summed E-state index contributed by atoms with van der Waals surface area (Å²) >= 11 is 3.13. The van der Waals surface area contributed by atoms with Crippen molar-refractivity contribution >= 4 is 34.7 Å². The average molecular weight is 427 g/mol. The van der Waals surface area contributed by atoms with Crippen molar-refractivity contribution in [2.45, 2.75) is 45.3 Å². The molecule has 0 fully saturated rings. The molecule has 2 heterocycles. The van der Waals surface area contributed by atoms with E-state index in [2.05, 4.69) is 48.2 Å². The zero-order chi connectivity index (χ0) is 20.8. The fraction of sp³-hybridized carbons (Fsp3) is 0.318. The van der Waals surface area contributed by atoms with E-state index >= 15 is 0 Å². The lowest BCUT2D eigenvalue weighted by Crippen LogP contribution is -2.15. The fourth-order valence-corrected chi connectivity index (χ4v) is 4.95. The number of carbonyl (C=O) groups is 1. The predicted molar refractivity (Wildman–Crippen MR) is 123 cm³/mol. The first-order chi connectivity index (χ1) is 14.1. The van der Waals surface area contributed by atoms with E-state index in [9.17, 15) is 4.79 Å². The van der Waals surface area contributed by atoms with Gasteiger partial charge in [0.25, 0.3) is 0 Å². The standard InChI is InChI=1S/C22H26N4OS2/c1-5-12-26-21(18-13-28-15(4)17(18)7-3)24-25-22(26)29-14-20(27)23-19-11-9-8-10-16(19)6-2/h5,8-11,13H,1,6-7,12,14H2,2-4H3,(H,23,27). The van der Waals surface area contributed by atoms with Gasteiger partial charge >= 0.3 is 0 Å². The molecule has 0 aliphatic heterocycles. The number of hydrogen-bond acceptors (Lipinski definition) is 5. The van der Waals surface area contributed by atoms with Crippen molar-refractivity contribution in [3.05, 3.63) is 58.3 Å². The van der Waals surface area contributed by atoms with Crippen LogP contribution in [0.15, 0.2) is 47.5 Å². The minimum absolute atomic E-state index is 0.0498. The summed E-state index contributed by atoms with van der Waals surface area (Å²) in [5.41, 5.74) is 4.42. The van der Waals surface area contributed by atoms with Gasteiger partial charge in [0.15, 0.2) is 11.0 Å². The van der Waals surface area contributed by atoms with E-state index in [1.165, 1.54) is 22.2 Å². The number of aryl methyl sites for hydroxylation is 2. The van der Waals surface area contributed by atoms with E-state index in [1.54, 1.807) is 11.3 Å². The molecule has 2 aromatic heterocycles. The Morgan fingerprint density at radius 2 is 2.07 bits per heavy atom. The lowest BCUT2D eigenvalue weighted by Gasteiger charge is -2.10. The van der Waals surface area contributed by atoms with Gasteiger partial charge in [0, 0.05) is 28.1 Å². The van der Waals surface area contributed by atoms with Gasteiger partial charge in [0.2, 0.25) is 5.91 Å². The van der Waals surface area contributed by atoms with Crippen LogP contribution < -0.4 is 5.32 Å². The number of benzene rings is 1. The van der Waals surface area contributed by atoms with Gasteiger partial charge in [-0.2, -0.15) is 0 Å². The number of para-hydroxylation sites is 1. The number of hydrogen-bond donors (Lipinski definition) is 1. The Balaban J connectivity index is 1.76. The molecule has 1 aromatic carbocycles. The van der Waals surface area contributed by atoms with Crippen LogP contribution in [0.1, 0.15) is 29.9 Å². The lowest BCUT2D eigenvalue weighted by atomic mass is 10.1. The normalized spacial score (nSPS) is 10.9. The second-order valence-electron chi connectivity index (χ2n) is 6.59. The zero-order valence-electron chi connectivity index (χ0n) is 17.1. The maximum absolute atomic E-state index is 12.5. The van der Waals surface area contributed by atoms with Crippen LogP contribution in [0.4, 0.5) is 5.69 Å². The van der Waals surface area contributed by atoms with Crippen LogP contribution in [-0.2, 0) is 24.2 Å². The second-order valence-corrected chi connectivity index (χ2v) is 8.62. The third-order valence-corrected chi connectivity index (χ3v) is 6.65. The second kappa shape index (κ2) is 9.89. The maximum Gasteiger partial charge on any atom is 0.234 e. The maximum atomic E-state index is 12.5. The molecule has 0 radical (unpaired) electrons. The topological polar surface area (TPSA) is 59.8 Å². The highest BCUT2D eigenvalue weighted by Gasteiger charge is 2.19. The van der Waals surface area contributed by atoms with Gasteiger partial charge < -0.3 is 5.32 Å². The molecule has 0 saturated heterocycles. The first-order valence-electron chi connectivity index (χ1n) is 9.70. The third kappa shape index (κ3) is 4.79. The predicted octanol–water partition coefficient (Wildman–Crippen LogP) is 5.36. The molecule has 0 bridgehead atoms. The molecule has 0 aliphatic carbocycles. The molecule has 0 unspecified atom stereocenters. The molecule has 3 rings (SSSR count). The van der Waals surface area contributed by atoms with Crippen molar-refractivity contribution in [3.63, 3.8) is 0 Å².